The van der Waals surface area contributed by atoms with E-state index in [2.05, 4.69) is 0 Å². The van der Waals surface area contributed by atoms with Gasteiger partial charge in [0.05, 0.1) is 13.2 Å². The van der Waals surface area contributed by atoms with E-state index in [-0.39, 0.29) is 77.3 Å². The predicted molar refractivity (Wildman–Crippen MR) is 260 cm³/mol. The second-order valence-electron chi connectivity index (χ2n) is 19.2. The third-order valence-electron chi connectivity index (χ3n) is 8.51. The largest absolute Gasteiger partial charge is 0.483 e. The smallest absolute Gasteiger partial charge is 0.415 e. The molecule has 3 aliphatic heterocycles. The number of rotatable bonds is 28. The number of aliphatic hydroxyl groups excluding tert-OH is 2. The van der Waals surface area contributed by atoms with Crippen LogP contribution in [0.15, 0.2) is 0 Å². The summed E-state index contributed by atoms with van der Waals surface area (Å²) in [6.07, 6.45) is -2.40. The molecule has 0 saturated carbocycles. The maximum atomic E-state index is 12.1. The van der Waals surface area contributed by atoms with Gasteiger partial charge in [0, 0.05) is 96.9 Å². The maximum absolute atomic E-state index is 12.1. The number of ether oxygens (including phenoxy) is 2. The summed E-state index contributed by atoms with van der Waals surface area (Å²) >= 11 is 0. The van der Waals surface area contributed by atoms with Gasteiger partial charge < -0.3 is 111 Å². The molecule has 8 N–H and O–H groups in total. The predicted octanol–water partition coefficient (Wildman–Crippen LogP) is 1.26. The molecule has 0 aliphatic carbocycles. The van der Waals surface area contributed by atoms with Gasteiger partial charge in [-0.25, -0.2) is 0 Å². The van der Waals surface area contributed by atoms with E-state index in [0.717, 1.165) is 0 Å². The molecule has 0 aromatic rings. The average Bonchev–Trinajstić information content (AvgIpc) is 2.96. The maximum Gasteiger partial charge on any atom is 0.483 e. The number of aliphatic hydroxyl groups is 4. The standard InChI is InChI=1S/C28H78O25Si13.Zn/c1-54(2,33)39-56(5,6)42-60(12)46-61(13,50-65(36,49-60)25-17-21-37-23-19-27(29)30)44-58(9,10)41-59(11,35)45-63(15)48-64(16)47-62(14,43-57(7,8)40-55(3,4)34)51-66(52-63,53-64)26-18-22-38-24-20-28(31)32;/h27-36H,17-26H2,1-16H3;/t59-,60-,61+,62+,63-,64+,65?,66?;/m0./s1. The van der Waals surface area contributed by atoms with Crippen LogP contribution in [0.1, 0.15) is 25.7 Å². The van der Waals surface area contributed by atoms with E-state index < -0.39 is 126 Å². The van der Waals surface area contributed by atoms with Gasteiger partial charge in [-0.05, 0) is 78.3 Å². The van der Waals surface area contributed by atoms with Crippen LogP contribution < -0.4 is 0 Å². The van der Waals surface area contributed by atoms with Crippen molar-refractivity contribution < 1.29 is 130 Å². The molecule has 0 radical (unpaired) electrons. The molecule has 0 amide bonds. The van der Waals surface area contributed by atoms with Crippen LogP contribution in [0.25, 0.3) is 0 Å². The SMILES string of the molecule is C[Si](C)(O)O[Si](C)(C)O[Si@@]1(C)O[Si]2(CCCOCCC(O)O)O[Si@](C)(O1)O[Si@](C)(O[Si@@](C)(O)O[Si](C)(C)O[Si@@]1(C)O[Si](O)(CCCOCCC(O)O)O[Si@@](C)(O[Si](C)(C)O[Si](C)(C)O)O1)O2.[Zn]. The van der Waals surface area contributed by atoms with Crippen molar-refractivity contribution in [3.8, 4) is 0 Å². The first-order valence-corrected chi connectivity index (χ1v) is 53.2. The van der Waals surface area contributed by atoms with E-state index in [1.165, 1.54) is 6.55 Å². The number of hydrogen-bond acceptors (Lipinski definition) is 25. The summed E-state index contributed by atoms with van der Waals surface area (Å²) in [5.74, 6) is 0. The van der Waals surface area contributed by atoms with E-state index in [1.807, 2.05) is 0 Å². The van der Waals surface area contributed by atoms with Gasteiger partial charge in [-0.3, -0.25) is 0 Å². The minimum Gasteiger partial charge on any atom is -0.415 e. The Morgan fingerprint density at radius 1 is 0.448 bits per heavy atom. The van der Waals surface area contributed by atoms with E-state index in [1.54, 1.807) is 98.2 Å². The molecule has 3 heterocycles. The molecule has 0 aromatic carbocycles. The van der Waals surface area contributed by atoms with Gasteiger partial charge in [-0.2, -0.15) is 0 Å². The Morgan fingerprint density at radius 2 is 0.806 bits per heavy atom. The van der Waals surface area contributed by atoms with Crippen molar-refractivity contribution in [2.24, 2.45) is 0 Å². The molecule has 67 heavy (non-hydrogen) atoms. The van der Waals surface area contributed by atoms with E-state index >= 15 is 0 Å². The molecule has 3 aliphatic rings. The van der Waals surface area contributed by atoms with Gasteiger partial charge in [-0.1, -0.05) is 0 Å². The van der Waals surface area contributed by atoms with Crippen molar-refractivity contribution in [1.29, 1.82) is 0 Å². The Morgan fingerprint density at radius 3 is 1.19 bits per heavy atom. The van der Waals surface area contributed by atoms with Crippen LogP contribution in [0.3, 0.4) is 0 Å². The van der Waals surface area contributed by atoms with Crippen LogP contribution in [0.5, 0.6) is 0 Å². The Bertz CT molecular complexity index is 1580. The molecule has 3 saturated heterocycles. The number of fused-ring (bicyclic) bond motifs is 2. The van der Waals surface area contributed by atoms with Crippen molar-refractivity contribution in [3.05, 3.63) is 0 Å². The van der Waals surface area contributed by atoms with E-state index in [0.29, 0.717) is 6.42 Å². The number of hydrogen-bond donors (Lipinski definition) is 8. The van der Waals surface area contributed by atoms with Gasteiger partial charge in [-0.15, -0.1) is 0 Å². The minimum absolute atomic E-state index is 0. The molecular weight excluding hydrogens is 1170 g/mol. The molecule has 394 valence electrons. The van der Waals surface area contributed by atoms with Crippen LogP contribution in [0, 0.1) is 0 Å². The zero-order valence-electron chi connectivity index (χ0n) is 42.0. The molecule has 2 bridgehead atoms. The average molecular weight is 1250 g/mol. The Labute approximate surface area is 422 Å². The normalized spacial score (nSPS) is 33.2. The third kappa shape index (κ3) is 23.9. The van der Waals surface area contributed by atoms with Crippen LogP contribution in [-0.4, -0.2) is 192 Å². The van der Waals surface area contributed by atoms with Crippen molar-refractivity contribution in [1.82, 2.24) is 0 Å². The molecule has 25 nitrogen and oxygen atoms in total. The summed E-state index contributed by atoms with van der Waals surface area (Å²) in [6.45, 7) is 26.7. The summed E-state index contributed by atoms with van der Waals surface area (Å²) in [7, 11) is -47.9. The molecule has 3 fully saturated rings. The first-order valence-electron chi connectivity index (χ1n) is 21.7. The summed E-state index contributed by atoms with van der Waals surface area (Å²) in [6, 6.07) is 0.174. The van der Waals surface area contributed by atoms with E-state index in [4.69, 9.17) is 81.4 Å². The van der Waals surface area contributed by atoms with Crippen molar-refractivity contribution in [2.45, 2.75) is 155 Å². The quantitative estimate of drug-likeness (QED) is 0.0311. The first-order chi connectivity index (χ1) is 29.4. The second-order valence-corrected chi connectivity index (χ2v) is 59.8. The second kappa shape index (κ2) is 24.2. The molecule has 0 aromatic heterocycles. The molecular formula is C28H78O25Si13Zn. The van der Waals surface area contributed by atoms with Crippen LogP contribution in [-0.2, 0) is 90.7 Å². The molecule has 3 rings (SSSR count). The zero-order chi connectivity index (χ0) is 50.7. The fraction of sp³-hybridized carbons (Fsp3) is 1.00. The minimum atomic E-state index is -4.35. The summed E-state index contributed by atoms with van der Waals surface area (Å²) in [5, 5.41) is 36.8. The monoisotopic (exact) mass is 1240 g/mol. The van der Waals surface area contributed by atoms with Crippen LogP contribution in [0.4, 0.5) is 0 Å². The third-order valence-corrected chi connectivity index (χ3v) is 57.8. The van der Waals surface area contributed by atoms with Crippen LogP contribution >= 0.6 is 0 Å². The molecule has 0 spiro atoms. The zero-order valence-corrected chi connectivity index (χ0v) is 57.9. The van der Waals surface area contributed by atoms with Crippen molar-refractivity contribution in [2.75, 3.05) is 26.4 Å². The van der Waals surface area contributed by atoms with Gasteiger partial charge >= 0.3 is 113 Å². The summed E-state index contributed by atoms with van der Waals surface area (Å²) in [4.78, 5) is 45.3. The molecule has 2 unspecified atom stereocenters. The Kier molecular flexibility index (Phi) is 23.7. The van der Waals surface area contributed by atoms with Crippen molar-refractivity contribution >= 4 is 113 Å². The summed E-state index contributed by atoms with van der Waals surface area (Å²) in [5.41, 5.74) is 0. The Balaban J connectivity index is 0.0000154. The topological polar surface area (TPSA) is 319 Å². The van der Waals surface area contributed by atoms with Gasteiger partial charge in [0.15, 0.2) is 12.6 Å². The fourth-order valence-electron chi connectivity index (χ4n) is 7.88. The van der Waals surface area contributed by atoms with Crippen molar-refractivity contribution in [3.63, 3.8) is 0 Å². The fourth-order valence-corrected chi connectivity index (χ4v) is 69.8. The molecule has 39 heteroatoms. The Hall–Kier alpha value is 2.44. The van der Waals surface area contributed by atoms with Gasteiger partial charge in [0.2, 0.25) is 0 Å². The molecule has 8 atom stereocenters. The van der Waals surface area contributed by atoms with Crippen LogP contribution in [0.2, 0.25) is 117 Å². The summed E-state index contributed by atoms with van der Waals surface area (Å²) < 4.78 is 108. The first kappa shape index (κ1) is 65.6. The van der Waals surface area contributed by atoms with E-state index in [9.17, 15) is 29.4 Å². The van der Waals surface area contributed by atoms with Gasteiger partial charge in [0.25, 0.3) is 0 Å². The van der Waals surface area contributed by atoms with Gasteiger partial charge in [0.1, 0.15) is 0 Å².